The maximum atomic E-state index is 12.8. The van der Waals surface area contributed by atoms with Crippen molar-refractivity contribution in [3.63, 3.8) is 0 Å². The highest BCUT2D eigenvalue weighted by Gasteiger charge is 2.31. The van der Waals surface area contributed by atoms with Crippen molar-refractivity contribution in [1.82, 2.24) is 4.98 Å². The van der Waals surface area contributed by atoms with Crippen LogP contribution in [0.4, 0.5) is 13.2 Å². The van der Waals surface area contributed by atoms with Crippen LogP contribution in [0.5, 0.6) is 0 Å². The molecule has 1 atom stereocenters. The van der Waals surface area contributed by atoms with Gasteiger partial charge in [-0.25, -0.2) is 0 Å². The number of alkyl halides is 3. The summed E-state index contributed by atoms with van der Waals surface area (Å²) in [6, 6.07) is 4.77. The molecule has 1 unspecified atom stereocenters. The first-order valence-electron chi connectivity index (χ1n) is 5.99. The minimum atomic E-state index is -4.38. The Morgan fingerprint density at radius 1 is 1.14 bits per heavy atom. The third-order valence-electron chi connectivity index (χ3n) is 2.94. The average molecular weight is 424 g/mol. The summed E-state index contributed by atoms with van der Waals surface area (Å²) < 4.78 is 39.7. The van der Waals surface area contributed by atoms with E-state index in [2.05, 4.69) is 36.8 Å². The van der Waals surface area contributed by atoms with Gasteiger partial charge < -0.3 is 5.73 Å². The number of pyridine rings is 1. The molecule has 1 heterocycles. The second-order valence-electron chi connectivity index (χ2n) is 4.56. The van der Waals surface area contributed by atoms with E-state index >= 15 is 0 Å². The predicted molar refractivity (Wildman–Crippen MR) is 81.7 cm³/mol. The van der Waals surface area contributed by atoms with Crippen molar-refractivity contribution in [2.75, 3.05) is 0 Å². The number of halogens is 5. The lowest BCUT2D eigenvalue weighted by Gasteiger charge is -2.16. The van der Waals surface area contributed by atoms with E-state index in [1.807, 2.05) is 6.07 Å². The summed E-state index contributed by atoms with van der Waals surface area (Å²) in [6.45, 7) is 0. The fourth-order valence-electron chi connectivity index (χ4n) is 1.94. The molecule has 0 spiro atoms. The molecule has 7 heteroatoms. The number of nitrogens with two attached hydrogens (primary N) is 1. The first-order chi connectivity index (χ1) is 9.77. The van der Waals surface area contributed by atoms with Crippen LogP contribution in [0.3, 0.4) is 0 Å². The third kappa shape index (κ3) is 4.28. The Morgan fingerprint density at radius 2 is 1.86 bits per heavy atom. The molecule has 2 aromatic rings. The molecule has 0 bridgehead atoms. The van der Waals surface area contributed by atoms with Gasteiger partial charge in [0.15, 0.2) is 0 Å². The number of aromatic nitrogens is 1. The van der Waals surface area contributed by atoms with Gasteiger partial charge in [0.2, 0.25) is 0 Å². The molecule has 0 aliphatic carbocycles. The fraction of sp³-hybridized carbons (Fsp3) is 0.214. The minimum Gasteiger partial charge on any atom is -0.324 e. The molecule has 0 aliphatic heterocycles. The smallest absolute Gasteiger partial charge is 0.324 e. The predicted octanol–water partition coefficient (Wildman–Crippen LogP) is 4.87. The van der Waals surface area contributed by atoms with Gasteiger partial charge >= 0.3 is 6.18 Å². The van der Waals surface area contributed by atoms with Crippen LogP contribution >= 0.6 is 31.9 Å². The Hall–Kier alpha value is -0.920. The number of hydrogen-bond acceptors (Lipinski definition) is 2. The van der Waals surface area contributed by atoms with Gasteiger partial charge in [0.05, 0.1) is 5.56 Å². The van der Waals surface area contributed by atoms with Crippen molar-refractivity contribution in [2.45, 2.75) is 18.6 Å². The zero-order valence-corrected chi connectivity index (χ0v) is 13.8. The standard InChI is InChI=1S/C14H11Br2F3N2/c15-10-3-8(6-21-7-10)4-13(20)11-5-9(14(17,18)19)1-2-12(11)16/h1-3,5-7,13H,4,20H2. The Labute approximate surface area is 136 Å². The molecule has 0 amide bonds. The van der Waals surface area contributed by atoms with Gasteiger partial charge in [0.25, 0.3) is 0 Å². The Balaban J connectivity index is 2.28. The van der Waals surface area contributed by atoms with Gasteiger partial charge in [-0.05, 0) is 57.7 Å². The van der Waals surface area contributed by atoms with Gasteiger partial charge in [-0.15, -0.1) is 0 Å². The average Bonchev–Trinajstić information content (AvgIpc) is 2.37. The fourth-order valence-corrected chi connectivity index (χ4v) is 2.89. The summed E-state index contributed by atoms with van der Waals surface area (Å²) in [5, 5.41) is 0. The van der Waals surface area contributed by atoms with Gasteiger partial charge in [0.1, 0.15) is 0 Å². The highest BCUT2D eigenvalue weighted by atomic mass is 79.9. The lowest BCUT2D eigenvalue weighted by molar-refractivity contribution is -0.137. The molecular weight excluding hydrogens is 413 g/mol. The van der Waals surface area contributed by atoms with Crippen LogP contribution in [0.15, 0.2) is 45.6 Å². The SMILES string of the molecule is NC(Cc1cncc(Br)c1)c1cc(C(F)(F)F)ccc1Br. The Kier molecular flexibility index (Phi) is 5.06. The molecule has 2 nitrogen and oxygen atoms in total. The second kappa shape index (κ2) is 6.46. The van der Waals surface area contributed by atoms with Crippen molar-refractivity contribution >= 4 is 31.9 Å². The maximum absolute atomic E-state index is 12.8. The number of rotatable bonds is 3. The molecule has 0 radical (unpaired) electrons. The van der Waals surface area contributed by atoms with Crippen molar-refractivity contribution in [2.24, 2.45) is 5.73 Å². The molecule has 0 fully saturated rings. The van der Waals surface area contributed by atoms with Crippen LogP contribution in [-0.4, -0.2) is 4.98 Å². The molecule has 1 aromatic heterocycles. The maximum Gasteiger partial charge on any atom is 0.416 e. The van der Waals surface area contributed by atoms with Crippen molar-refractivity contribution in [3.05, 3.63) is 62.3 Å². The number of benzene rings is 1. The summed E-state index contributed by atoms with van der Waals surface area (Å²) in [6.07, 6.45) is -0.708. The van der Waals surface area contributed by atoms with Gasteiger partial charge in [-0.1, -0.05) is 15.9 Å². The highest BCUT2D eigenvalue weighted by Crippen LogP contribution is 2.34. The van der Waals surface area contributed by atoms with E-state index in [1.54, 1.807) is 12.4 Å². The van der Waals surface area contributed by atoms with Crippen LogP contribution in [-0.2, 0) is 12.6 Å². The molecule has 112 valence electrons. The molecule has 2 rings (SSSR count). The zero-order valence-electron chi connectivity index (χ0n) is 10.7. The summed E-state index contributed by atoms with van der Waals surface area (Å²) >= 11 is 6.55. The third-order valence-corrected chi connectivity index (χ3v) is 4.10. The largest absolute Gasteiger partial charge is 0.416 e. The molecule has 1 aromatic carbocycles. The molecule has 2 N–H and O–H groups in total. The zero-order chi connectivity index (χ0) is 15.6. The van der Waals surface area contributed by atoms with Crippen molar-refractivity contribution < 1.29 is 13.2 Å². The van der Waals surface area contributed by atoms with Crippen LogP contribution in [0.25, 0.3) is 0 Å². The number of nitrogens with zero attached hydrogens (tertiary/aromatic N) is 1. The molecule has 0 aliphatic rings. The first-order valence-corrected chi connectivity index (χ1v) is 7.57. The van der Waals surface area contributed by atoms with E-state index < -0.39 is 17.8 Å². The van der Waals surface area contributed by atoms with E-state index in [4.69, 9.17) is 5.73 Å². The number of hydrogen-bond donors (Lipinski definition) is 1. The van der Waals surface area contributed by atoms with Gasteiger partial charge in [-0.2, -0.15) is 13.2 Å². The van der Waals surface area contributed by atoms with Crippen LogP contribution in [0.1, 0.15) is 22.7 Å². The molecule has 21 heavy (non-hydrogen) atoms. The lowest BCUT2D eigenvalue weighted by Crippen LogP contribution is -2.16. The van der Waals surface area contributed by atoms with Crippen LogP contribution in [0.2, 0.25) is 0 Å². The molecular formula is C14H11Br2F3N2. The Bertz CT molecular complexity index is 644. The topological polar surface area (TPSA) is 38.9 Å². The van der Waals surface area contributed by atoms with Crippen LogP contribution in [0, 0.1) is 0 Å². The van der Waals surface area contributed by atoms with Gasteiger partial charge in [0, 0.05) is 27.4 Å². The van der Waals surface area contributed by atoms with Crippen molar-refractivity contribution in [1.29, 1.82) is 0 Å². The lowest BCUT2D eigenvalue weighted by atomic mass is 9.99. The second-order valence-corrected chi connectivity index (χ2v) is 6.33. The highest BCUT2D eigenvalue weighted by molar-refractivity contribution is 9.10. The summed E-state index contributed by atoms with van der Waals surface area (Å²) in [7, 11) is 0. The minimum absolute atomic E-state index is 0.395. The molecule has 0 saturated carbocycles. The normalized spacial score (nSPS) is 13.2. The van der Waals surface area contributed by atoms with E-state index in [0.717, 1.165) is 22.2 Å². The van der Waals surface area contributed by atoms with Crippen LogP contribution < -0.4 is 5.73 Å². The van der Waals surface area contributed by atoms with E-state index in [1.165, 1.54) is 6.07 Å². The molecule has 0 saturated heterocycles. The van der Waals surface area contributed by atoms with Gasteiger partial charge in [-0.3, -0.25) is 4.98 Å². The monoisotopic (exact) mass is 422 g/mol. The first kappa shape index (κ1) is 16.5. The van der Waals surface area contributed by atoms with E-state index in [-0.39, 0.29) is 0 Å². The summed E-state index contributed by atoms with van der Waals surface area (Å²) in [5.74, 6) is 0. The Morgan fingerprint density at radius 3 is 2.48 bits per heavy atom. The van der Waals surface area contributed by atoms with Crippen molar-refractivity contribution in [3.8, 4) is 0 Å². The van der Waals surface area contributed by atoms with E-state index in [0.29, 0.717) is 16.5 Å². The summed E-state index contributed by atoms with van der Waals surface area (Å²) in [4.78, 5) is 4.02. The van der Waals surface area contributed by atoms with E-state index in [9.17, 15) is 13.2 Å². The summed E-state index contributed by atoms with van der Waals surface area (Å²) in [5.41, 5.74) is 6.61. The quantitative estimate of drug-likeness (QED) is 0.764.